The first-order valence-corrected chi connectivity index (χ1v) is 10.2. The summed E-state index contributed by atoms with van der Waals surface area (Å²) in [6, 6.07) is 7.71. The Kier molecular flexibility index (Phi) is 9.55. The van der Waals surface area contributed by atoms with Gasteiger partial charge < -0.3 is 15.4 Å². The van der Waals surface area contributed by atoms with Crippen molar-refractivity contribution < 1.29 is 14.3 Å². The maximum absolute atomic E-state index is 12.6. The van der Waals surface area contributed by atoms with Crippen LogP contribution < -0.4 is 10.6 Å². The molecule has 3 unspecified atom stereocenters. The van der Waals surface area contributed by atoms with Crippen LogP contribution >= 0.6 is 11.8 Å². The predicted molar refractivity (Wildman–Crippen MR) is 108 cm³/mol. The second-order valence-electron chi connectivity index (χ2n) is 7.00. The monoisotopic (exact) mass is 380 g/mol. The van der Waals surface area contributed by atoms with Crippen molar-refractivity contribution in [1.82, 2.24) is 10.6 Å². The molecule has 0 radical (unpaired) electrons. The molecule has 1 aromatic rings. The fourth-order valence-electron chi connectivity index (χ4n) is 2.31. The second-order valence-corrected chi connectivity index (χ2v) is 8.09. The molecule has 26 heavy (non-hydrogen) atoms. The van der Waals surface area contributed by atoms with Crippen molar-refractivity contribution in [3.8, 4) is 0 Å². The van der Waals surface area contributed by atoms with E-state index in [-0.39, 0.29) is 24.0 Å². The lowest BCUT2D eigenvalue weighted by atomic mass is 9.98. The number of amides is 2. The fraction of sp³-hybridized carbons (Fsp3) is 0.600. The summed E-state index contributed by atoms with van der Waals surface area (Å²) in [5.74, 6) is 0.613. The summed E-state index contributed by atoms with van der Waals surface area (Å²) in [5.41, 5.74) is 1.23. The number of ether oxygens (including phenoxy) is 1. The maximum atomic E-state index is 12.6. The molecule has 1 rings (SSSR count). The van der Waals surface area contributed by atoms with Crippen LogP contribution in [0.2, 0.25) is 0 Å². The average molecular weight is 381 g/mol. The smallest absolute Gasteiger partial charge is 0.408 e. The molecule has 0 aliphatic carbocycles. The highest BCUT2D eigenvalue weighted by Crippen LogP contribution is 2.19. The van der Waals surface area contributed by atoms with Gasteiger partial charge in [0.25, 0.3) is 0 Å². The van der Waals surface area contributed by atoms with Gasteiger partial charge in [0.15, 0.2) is 0 Å². The summed E-state index contributed by atoms with van der Waals surface area (Å²) in [5, 5.41) is 5.71. The minimum Gasteiger partial charge on any atom is -0.447 e. The predicted octanol–water partition coefficient (Wildman–Crippen LogP) is 4.14. The molecule has 0 aliphatic heterocycles. The zero-order chi connectivity index (χ0) is 19.7. The molecule has 0 saturated carbocycles. The summed E-state index contributed by atoms with van der Waals surface area (Å²) in [7, 11) is 0. The van der Waals surface area contributed by atoms with E-state index in [1.807, 2.05) is 20.8 Å². The molecule has 0 aromatic heterocycles. The van der Waals surface area contributed by atoms with E-state index in [0.29, 0.717) is 0 Å². The molecule has 3 atom stereocenters. The first kappa shape index (κ1) is 22.4. The lowest BCUT2D eigenvalue weighted by molar-refractivity contribution is -0.124. The molecular weight excluding hydrogens is 348 g/mol. The van der Waals surface area contributed by atoms with Crippen LogP contribution in [-0.4, -0.2) is 35.9 Å². The van der Waals surface area contributed by atoms with E-state index in [4.69, 9.17) is 4.74 Å². The van der Waals surface area contributed by atoms with Crippen LogP contribution in [0.4, 0.5) is 4.79 Å². The summed E-state index contributed by atoms with van der Waals surface area (Å²) in [6.45, 7) is 11.5. The van der Waals surface area contributed by atoms with Crippen molar-refractivity contribution in [1.29, 1.82) is 0 Å². The van der Waals surface area contributed by atoms with Gasteiger partial charge in [0.2, 0.25) is 5.91 Å². The quantitative estimate of drug-likeness (QED) is 0.632. The third kappa shape index (κ3) is 8.13. The van der Waals surface area contributed by atoms with Crippen LogP contribution in [0.5, 0.6) is 0 Å². The first-order chi connectivity index (χ1) is 12.2. The number of benzene rings is 1. The lowest BCUT2D eigenvalue weighted by Gasteiger charge is -2.25. The third-order valence-corrected chi connectivity index (χ3v) is 5.29. The number of hydrogen-bond donors (Lipinski definition) is 2. The second kappa shape index (κ2) is 11.1. The van der Waals surface area contributed by atoms with Crippen molar-refractivity contribution >= 4 is 23.8 Å². The first-order valence-electron chi connectivity index (χ1n) is 9.19. The number of carbonyl (C=O) groups is 2. The summed E-state index contributed by atoms with van der Waals surface area (Å²) in [4.78, 5) is 25.7. The average Bonchev–Trinajstić information content (AvgIpc) is 2.57. The van der Waals surface area contributed by atoms with Crippen molar-refractivity contribution in [2.24, 2.45) is 5.92 Å². The summed E-state index contributed by atoms with van der Waals surface area (Å²) >= 11 is 1.70. The van der Waals surface area contributed by atoms with Crippen LogP contribution in [0.25, 0.3) is 0 Å². The molecule has 2 N–H and O–H groups in total. The van der Waals surface area contributed by atoms with Crippen LogP contribution in [0, 0.1) is 12.8 Å². The van der Waals surface area contributed by atoms with Gasteiger partial charge in [0.05, 0.1) is 6.10 Å². The van der Waals surface area contributed by atoms with E-state index in [2.05, 4.69) is 41.8 Å². The minimum absolute atomic E-state index is 0.0109. The van der Waals surface area contributed by atoms with Gasteiger partial charge in [-0.25, -0.2) is 4.79 Å². The van der Waals surface area contributed by atoms with Crippen LogP contribution in [0.1, 0.15) is 46.6 Å². The standard InChI is InChI=1S/C20H32N2O3S/c1-7-15(5)18(22-20(24)25-13(2)3)19(23)21-16(6)12-26-17-10-8-14(4)9-11-17/h8-11,13,15-16,18H,7,12H2,1-6H3,(H,21,23)(H,22,24). The summed E-state index contributed by atoms with van der Waals surface area (Å²) in [6.07, 6.45) is 0.00891. The highest BCUT2D eigenvalue weighted by molar-refractivity contribution is 7.99. The third-order valence-electron chi connectivity index (χ3n) is 4.02. The van der Waals surface area contributed by atoms with Crippen molar-refractivity contribution in [3.05, 3.63) is 29.8 Å². The normalized spacial score (nSPS) is 14.4. The van der Waals surface area contributed by atoms with Gasteiger partial charge in [-0.3, -0.25) is 4.79 Å². The van der Waals surface area contributed by atoms with Crippen LogP contribution in [-0.2, 0) is 9.53 Å². The molecular formula is C20H32N2O3S. The highest BCUT2D eigenvalue weighted by Gasteiger charge is 2.27. The van der Waals surface area contributed by atoms with E-state index in [9.17, 15) is 9.59 Å². The minimum atomic E-state index is -0.599. The SMILES string of the molecule is CCC(C)C(NC(=O)OC(C)C)C(=O)NC(C)CSc1ccc(C)cc1. The van der Waals surface area contributed by atoms with Gasteiger partial charge >= 0.3 is 6.09 Å². The van der Waals surface area contributed by atoms with Crippen LogP contribution in [0.15, 0.2) is 29.2 Å². The number of carbonyl (C=O) groups excluding carboxylic acids is 2. The van der Waals surface area contributed by atoms with E-state index in [1.165, 1.54) is 10.5 Å². The Bertz CT molecular complexity index is 575. The number of hydrogen-bond acceptors (Lipinski definition) is 4. The van der Waals surface area contributed by atoms with Gasteiger partial charge in [-0.15, -0.1) is 11.8 Å². The van der Waals surface area contributed by atoms with Crippen molar-refractivity contribution in [2.45, 2.75) is 71.0 Å². The highest BCUT2D eigenvalue weighted by atomic mass is 32.2. The van der Waals surface area contributed by atoms with Gasteiger partial charge in [0, 0.05) is 16.7 Å². The molecule has 0 spiro atoms. The fourth-order valence-corrected chi connectivity index (χ4v) is 3.16. The Morgan fingerprint density at radius 3 is 2.23 bits per heavy atom. The molecule has 0 bridgehead atoms. The largest absolute Gasteiger partial charge is 0.447 e. The maximum Gasteiger partial charge on any atom is 0.408 e. The number of rotatable bonds is 9. The molecule has 0 saturated heterocycles. The Balaban J connectivity index is 2.57. The zero-order valence-electron chi connectivity index (χ0n) is 16.7. The molecule has 2 amide bonds. The molecule has 5 nitrogen and oxygen atoms in total. The van der Waals surface area contributed by atoms with E-state index in [1.54, 1.807) is 25.6 Å². The van der Waals surface area contributed by atoms with Gasteiger partial charge in [-0.2, -0.15) is 0 Å². The van der Waals surface area contributed by atoms with Crippen molar-refractivity contribution in [3.63, 3.8) is 0 Å². The molecule has 146 valence electrons. The molecule has 0 fully saturated rings. The Morgan fingerprint density at radius 1 is 1.08 bits per heavy atom. The molecule has 0 heterocycles. The van der Waals surface area contributed by atoms with E-state index in [0.717, 1.165) is 12.2 Å². The molecule has 6 heteroatoms. The lowest BCUT2D eigenvalue weighted by Crippen LogP contribution is -2.52. The number of nitrogens with one attached hydrogen (secondary N) is 2. The Morgan fingerprint density at radius 2 is 1.69 bits per heavy atom. The topological polar surface area (TPSA) is 67.4 Å². The van der Waals surface area contributed by atoms with E-state index < -0.39 is 12.1 Å². The van der Waals surface area contributed by atoms with Gasteiger partial charge in [-0.05, 0) is 45.7 Å². The van der Waals surface area contributed by atoms with Crippen LogP contribution in [0.3, 0.4) is 0 Å². The van der Waals surface area contributed by atoms with Gasteiger partial charge in [0.1, 0.15) is 6.04 Å². The number of thioether (sulfide) groups is 1. The molecule has 0 aliphatic rings. The Hall–Kier alpha value is -1.69. The van der Waals surface area contributed by atoms with Gasteiger partial charge in [-0.1, -0.05) is 38.0 Å². The Labute approximate surface area is 161 Å². The molecule has 1 aromatic carbocycles. The number of alkyl carbamates (subject to hydrolysis) is 1. The zero-order valence-corrected chi connectivity index (χ0v) is 17.5. The number of aryl methyl sites for hydroxylation is 1. The van der Waals surface area contributed by atoms with Crippen molar-refractivity contribution in [2.75, 3.05) is 5.75 Å². The van der Waals surface area contributed by atoms with E-state index >= 15 is 0 Å². The summed E-state index contributed by atoms with van der Waals surface area (Å²) < 4.78 is 5.11.